The van der Waals surface area contributed by atoms with Crippen LogP contribution in [-0.2, 0) is 0 Å². The lowest BCUT2D eigenvalue weighted by Gasteiger charge is -2.22. The Balaban J connectivity index is 2.00. The molecular formula is C13H13N3S2. The van der Waals surface area contributed by atoms with Crippen molar-refractivity contribution in [2.24, 2.45) is 0 Å². The van der Waals surface area contributed by atoms with Crippen LogP contribution in [0.15, 0.2) is 41.9 Å². The van der Waals surface area contributed by atoms with Crippen LogP contribution in [0.1, 0.15) is 22.7 Å². The summed E-state index contributed by atoms with van der Waals surface area (Å²) in [6.45, 7) is 0. The first-order valence-corrected chi connectivity index (χ1v) is 7.04. The van der Waals surface area contributed by atoms with E-state index >= 15 is 0 Å². The minimum absolute atomic E-state index is 0.127. The van der Waals surface area contributed by atoms with Crippen molar-refractivity contribution in [3.8, 4) is 0 Å². The summed E-state index contributed by atoms with van der Waals surface area (Å²) in [5.41, 5.74) is 1.03. The Morgan fingerprint density at radius 1 is 1.33 bits per heavy atom. The number of thiocarbonyl (C=S) groups is 1. The molecule has 0 radical (unpaired) electrons. The van der Waals surface area contributed by atoms with Crippen molar-refractivity contribution in [1.82, 2.24) is 15.2 Å². The molecule has 2 aromatic heterocycles. The third kappa shape index (κ3) is 1.89. The molecule has 1 aliphatic heterocycles. The summed E-state index contributed by atoms with van der Waals surface area (Å²) in [5, 5.41) is 6.24. The predicted octanol–water partition coefficient (Wildman–Crippen LogP) is 2.75. The fourth-order valence-electron chi connectivity index (χ4n) is 2.27. The molecule has 0 spiro atoms. The van der Waals surface area contributed by atoms with Gasteiger partial charge in [-0.15, -0.1) is 11.3 Å². The predicted molar refractivity (Wildman–Crippen MR) is 77.5 cm³/mol. The van der Waals surface area contributed by atoms with Crippen molar-refractivity contribution in [1.29, 1.82) is 0 Å². The van der Waals surface area contributed by atoms with Gasteiger partial charge < -0.3 is 10.2 Å². The molecule has 3 nitrogen and oxygen atoms in total. The van der Waals surface area contributed by atoms with Crippen LogP contribution in [0.25, 0.3) is 0 Å². The number of nitrogens with zero attached hydrogens (tertiary/aromatic N) is 2. The molecule has 1 saturated heterocycles. The van der Waals surface area contributed by atoms with Crippen molar-refractivity contribution in [2.75, 3.05) is 7.05 Å². The van der Waals surface area contributed by atoms with Gasteiger partial charge in [0, 0.05) is 18.1 Å². The first-order valence-electron chi connectivity index (χ1n) is 5.75. The maximum Gasteiger partial charge on any atom is 0.169 e. The Hall–Kier alpha value is -1.46. The molecule has 92 valence electrons. The first-order chi connectivity index (χ1) is 8.77. The zero-order valence-electron chi connectivity index (χ0n) is 9.91. The molecular weight excluding hydrogens is 262 g/mol. The molecule has 18 heavy (non-hydrogen) atoms. The lowest BCUT2D eigenvalue weighted by Crippen LogP contribution is -2.24. The van der Waals surface area contributed by atoms with E-state index in [1.54, 1.807) is 11.3 Å². The third-order valence-corrected chi connectivity index (χ3v) is 4.52. The lowest BCUT2D eigenvalue weighted by atomic mass is 10.0. The summed E-state index contributed by atoms with van der Waals surface area (Å²) < 4.78 is 0. The molecule has 3 rings (SSSR count). The number of thiophene rings is 1. The molecule has 0 unspecified atom stereocenters. The number of rotatable bonds is 2. The first kappa shape index (κ1) is 11.6. The molecule has 1 fully saturated rings. The standard InChI is InChI=1S/C13H13N3S2/c1-16-12(10-6-4-8-18-10)11(15-13(16)17)9-5-2-3-7-14-9/h2-8,11-12H,1H3,(H,15,17)/t11-,12+/m0/s1. The van der Waals surface area contributed by atoms with E-state index in [2.05, 4.69) is 32.7 Å². The topological polar surface area (TPSA) is 28.2 Å². The second kappa shape index (κ2) is 4.66. The Morgan fingerprint density at radius 3 is 2.89 bits per heavy atom. The molecule has 2 aromatic rings. The van der Waals surface area contributed by atoms with Crippen LogP contribution in [-0.4, -0.2) is 22.0 Å². The van der Waals surface area contributed by atoms with Gasteiger partial charge in [0.05, 0.1) is 17.8 Å². The summed E-state index contributed by atoms with van der Waals surface area (Å²) in [7, 11) is 2.03. The summed E-state index contributed by atoms with van der Waals surface area (Å²) in [6.07, 6.45) is 1.82. The van der Waals surface area contributed by atoms with E-state index in [4.69, 9.17) is 12.2 Å². The van der Waals surface area contributed by atoms with Gasteiger partial charge >= 0.3 is 0 Å². The summed E-state index contributed by atoms with van der Waals surface area (Å²) in [4.78, 5) is 7.86. The molecule has 3 heterocycles. The maximum absolute atomic E-state index is 5.36. The van der Waals surface area contributed by atoms with E-state index in [-0.39, 0.29) is 12.1 Å². The molecule has 1 aliphatic rings. The van der Waals surface area contributed by atoms with Crippen molar-refractivity contribution >= 4 is 28.7 Å². The second-order valence-corrected chi connectivity index (χ2v) is 5.62. The number of nitrogens with one attached hydrogen (secondary N) is 1. The third-order valence-electron chi connectivity index (χ3n) is 3.17. The highest BCUT2D eigenvalue weighted by Gasteiger charge is 2.37. The van der Waals surface area contributed by atoms with Crippen LogP contribution in [0.4, 0.5) is 0 Å². The van der Waals surface area contributed by atoms with E-state index in [1.165, 1.54) is 4.88 Å². The zero-order chi connectivity index (χ0) is 12.5. The Bertz CT molecular complexity index is 539. The van der Waals surface area contributed by atoms with Crippen molar-refractivity contribution in [2.45, 2.75) is 12.1 Å². The molecule has 5 heteroatoms. The van der Waals surface area contributed by atoms with Gasteiger partial charge in [-0.2, -0.15) is 0 Å². The van der Waals surface area contributed by atoms with Crippen molar-refractivity contribution in [3.63, 3.8) is 0 Å². The smallest absolute Gasteiger partial charge is 0.169 e. The highest BCUT2D eigenvalue weighted by Crippen LogP contribution is 2.38. The average molecular weight is 275 g/mol. The number of hydrogen-bond donors (Lipinski definition) is 1. The number of aromatic nitrogens is 1. The van der Waals surface area contributed by atoms with Crippen LogP contribution in [0.2, 0.25) is 0 Å². The molecule has 0 aromatic carbocycles. The van der Waals surface area contributed by atoms with Crippen LogP contribution in [0.3, 0.4) is 0 Å². The molecule has 2 atom stereocenters. The molecule has 0 aliphatic carbocycles. The average Bonchev–Trinajstić information content (AvgIpc) is 3.00. The Morgan fingerprint density at radius 2 is 2.22 bits per heavy atom. The Kier molecular flexibility index (Phi) is 3.01. The number of pyridine rings is 1. The lowest BCUT2D eigenvalue weighted by molar-refractivity contribution is 0.374. The number of likely N-dealkylation sites (N-methyl/N-ethyl adjacent to an activating group) is 1. The van der Waals surface area contributed by atoms with Gasteiger partial charge in [0.25, 0.3) is 0 Å². The largest absolute Gasteiger partial charge is 0.352 e. The minimum Gasteiger partial charge on any atom is -0.352 e. The fraction of sp³-hybridized carbons (Fsp3) is 0.231. The Labute approximate surface area is 115 Å². The van der Waals surface area contributed by atoms with Crippen molar-refractivity contribution in [3.05, 3.63) is 52.5 Å². The van der Waals surface area contributed by atoms with Gasteiger partial charge in [0.1, 0.15) is 0 Å². The number of hydrogen-bond acceptors (Lipinski definition) is 3. The van der Waals surface area contributed by atoms with E-state index in [0.717, 1.165) is 10.8 Å². The quantitative estimate of drug-likeness (QED) is 0.853. The molecule has 0 saturated carbocycles. The molecule has 1 N–H and O–H groups in total. The van der Waals surface area contributed by atoms with Crippen LogP contribution in [0.5, 0.6) is 0 Å². The van der Waals surface area contributed by atoms with Gasteiger partial charge in [-0.05, 0) is 35.8 Å². The van der Waals surface area contributed by atoms with Crippen LogP contribution in [0, 0.1) is 0 Å². The second-order valence-electron chi connectivity index (χ2n) is 4.25. The SMILES string of the molecule is CN1C(=S)N[C@@H](c2ccccn2)[C@H]1c1cccs1. The highest BCUT2D eigenvalue weighted by atomic mass is 32.1. The van der Waals surface area contributed by atoms with E-state index in [9.17, 15) is 0 Å². The monoisotopic (exact) mass is 275 g/mol. The van der Waals surface area contributed by atoms with Crippen molar-refractivity contribution < 1.29 is 0 Å². The minimum atomic E-state index is 0.127. The summed E-state index contributed by atoms with van der Waals surface area (Å²) >= 11 is 7.12. The van der Waals surface area contributed by atoms with Crippen LogP contribution < -0.4 is 5.32 Å². The molecule has 0 amide bonds. The van der Waals surface area contributed by atoms with Gasteiger partial charge in [0.2, 0.25) is 0 Å². The summed E-state index contributed by atoms with van der Waals surface area (Å²) in [6, 6.07) is 10.6. The maximum atomic E-state index is 5.36. The van der Waals surface area contributed by atoms with Gasteiger partial charge in [0.15, 0.2) is 5.11 Å². The van der Waals surface area contributed by atoms with Crippen LogP contribution >= 0.6 is 23.6 Å². The van der Waals surface area contributed by atoms with Gasteiger partial charge in [-0.25, -0.2) is 0 Å². The highest BCUT2D eigenvalue weighted by molar-refractivity contribution is 7.80. The zero-order valence-corrected chi connectivity index (χ0v) is 11.5. The van der Waals surface area contributed by atoms with E-state index in [0.29, 0.717) is 0 Å². The van der Waals surface area contributed by atoms with Gasteiger partial charge in [-0.1, -0.05) is 12.1 Å². The van der Waals surface area contributed by atoms with Gasteiger partial charge in [-0.3, -0.25) is 4.98 Å². The van der Waals surface area contributed by atoms with E-state index in [1.807, 2.05) is 31.4 Å². The fourth-order valence-corrected chi connectivity index (χ4v) is 3.42. The van der Waals surface area contributed by atoms with E-state index < -0.39 is 0 Å². The normalized spacial score (nSPS) is 23.2. The summed E-state index contributed by atoms with van der Waals surface area (Å²) in [5.74, 6) is 0. The molecule has 0 bridgehead atoms.